The fourth-order valence-corrected chi connectivity index (χ4v) is 2.14. The zero-order chi connectivity index (χ0) is 11.8. The lowest BCUT2D eigenvalue weighted by atomic mass is 9.94. The van der Waals surface area contributed by atoms with Crippen LogP contribution in [-0.4, -0.2) is 11.7 Å². The van der Waals surface area contributed by atoms with Gasteiger partial charge in [0, 0.05) is 17.5 Å². The van der Waals surface area contributed by atoms with E-state index in [1.54, 1.807) is 0 Å². The van der Waals surface area contributed by atoms with Gasteiger partial charge in [-0.2, -0.15) is 0 Å². The molecule has 0 saturated heterocycles. The van der Waals surface area contributed by atoms with Crippen LogP contribution in [0.15, 0.2) is 24.3 Å². The summed E-state index contributed by atoms with van der Waals surface area (Å²) in [6, 6.07) is 7.83. The molecule has 90 valence electrons. The van der Waals surface area contributed by atoms with Crippen molar-refractivity contribution in [2.24, 2.45) is 0 Å². The molecule has 1 aromatic carbocycles. The van der Waals surface area contributed by atoms with Crippen molar-refractivity contribution >= 4 is 11.6 Å². The van der Waals surface area contributed by atoms with Gasteiger partial charge in [-0.25, -0.2) is 0 Å². The fraction of sp³-hybridized carbons (Fsp3) is 0.571. The number of hydrogen-bond donors (Lipinski definition) is 1. The molecule has 2 heteroatoms. The quantitative estimate of drug-likeness (QED) is 0.701. The zero-order valence-corrected chi connectivity index (χ0v) is 10.7. The third-order valence-electron chi connectivity index (χ3n) is 2.95. The van der Waals surface area contributed by atoms with Gasteiger partial charge < -0.3 is 5.11 Å². The van der Waals surface area contributed by atoms with Gasteiger partial charge >= 0.3 is 0 Å². The highest BCUT2D eigenvalue weighted by atomic mass is 35.5. The Morgan fingerprint density at radius 3 is 2.69 bits per heavy atom. The first-order chi connectivity index (χ1) is 7.77. The second-order valence-corrected chi connectivity index (χ2v) is 4.72. The van der Waals surface area contributed by atoms with Crippen LogP contribution in [0, 0.1) is 0 Å². The van der Waals surface area contributed by atoms with Crippen LogP contribution in [0.4, 0.5) is 0 Å². The van der Waals surface area contributed by atoms with Gasteiger partial charge in [0.05, 0.1) is 0 Å². The second kappa shape index (κ2) is 7.70. The van der Waals surface area contributed by atoms with E-state index in [4.69, 9.17) is 11.6 Å². The first-order valence-electron chi connectivity index (χ1n) is 6.14. The third-order valence-corrected chi connectivity index (χ3v) is 3.18. The van der Waals surface area contributed by atoms with Gasteiger partial charge in [-0.3, -0.25) is 0 Å². The van der Waals surface area contributed by atoms with E-state index in [1.807, 2.05) is 24.3 Å². The van der Waals surface area contributed by atoms with E-state index in [-0.39, 0.29) is 12.5 Å². The monoisotopic (exact) mass is 240 g/mol. The van der Waals surface area contributed by atoms with Gasteiger partial charge in [0.2, 0.25) is 0 Å². The molecule has 0 aliphatic carbocycles. The van der Waals surface area contributed by atoms with Gasteiger partial charge in [-0.05, 0) is 24.1 Å². The van der Waals surface area contributed by atoms with E-state index in [0.29, 0.717) is 0 Å². The molecule has 1 rings (SSSR count). The molecule has 0 amide bonds. The molecule has 1 unspecified atom stereocenters. The van der Waals surface area contributed by atoms with Crippen molar-refractivity contribution in [2.75, 3.05) is 6.61 Å². The van der Waals surface area contributed by atoms with Gasteiger partial charge in [-0.15, -0.1) is 0 Å². The Labute approximate surface area is 103 Å². The van der Waals surface area contributed by atoms with Crippen LogP contribution < -0.4 is 0 Å². The third kappa shape index (κ3) is 4.54. The normalized spacial score (nSPS) is 12.7. The molecule has 0 fully saturated rings. The Hall–Kier alpha value is -0.530. The highest BCUT2D eigenvalue weighted by Crippen LogP contribution is 2.24. The van der Waals surface area contributed by atoms with Crippen LogP contribution in [0.1, 0.15) is 50.5 Å². The summed E-state index contributed by atoms with van der Waals surface area (Å²) in [6.45, 7) is 2.42. The Bertz CT molecular complexity index is 299. The first kappa shape index (κ1) is 13.5. The first-order valence-corrected chi connectivity index (χ1v) is 6.52. The number of rotatable bonds is 7. The van der Waals surface area contributed by atoms with Crippen molar-refractivity contribution in [2.45, 2.75) is 44.9 Å². The lowest BCUT2D eigenvalue weighted by molar-refractivity contribution is 0.256. The minimum atomic E-state index is 0.215. The van der Waals surface area contributed by atoms with E-state index in [1.165, 1.54) is 25.7 Å². The van der Waals surface area contributed by atoms with Crippen molar-refractivity contribution < 1.29 is 5.11 Å². The Kier molecular flexibility index (Phi) is 6.51. The average molecular weight is 241 g/mol. The Morgan fingerprint density at radius 2 is 2.06 bits per heavy atom. The maximum Gasteiger partial charge on any atom is 0.0499 e. The van der Waals surface area contributed by atoms with E-state index in [2.05, 4.69) is 6.92 Å². The van der Waals surface area contributed by atoms with Crippen molar-refractivity contribution in [1.29, 1.82) is 0 Å². The molecule has 0 bridgehead atoms. The van der Waals surface area contributed by atoms with Crippen molar-refractivity contribution in [3.63, 3.8) is 0 Å². The van der Waals surface area contributed by atoms with Crippen molar-refractivity contribution in [3.05, 3.63) is 34.9 Å². The summed E-state index contributed by atoms with van der Waals surface area (Å²) in [5, 5.41) is 10.1. The van der Waals surface area contributed by atoms with Crippen LogP contribution in [0.5, 0.6) is 0 Å². The molecule has 0 aromatic heterocycles. The number of aliphatic hydroxyl groups excluding tert-OH is 1. The van der Waals surface area contributed by atoms with Crippen molar-refractivity contribution in [3.8, 4) is 0 Å². The Balaban J connectivity index is 2.47. The summed E-state index contributed by atoms with van der Waals surface area (Å²) in [6.07, 6.45) is 6.03. The molecular formula is C14H21ClO. The van der Waals surface area contributed by atoms with Gasteiger partial charge in [0.25, 0.3) is 0 Å². The topological polar surface area (TPSA) is 20.2 Å². The molecule has 0 saturated carbocycles. The number of aliphatic hydroxyl groups is 1. The predicted molar refractivity (Wildman–Crippen MR) is 70.0 cm³/mol. The van der Waals surface area contributed by atoms with E-state index < -0.39 is 0 Å². The van der Waals surface area contributed by atoms with E-state index >= 15 is 0 Å². The molecule has 0 aliphatic rings. The maximum atomic E-state index is 9.38. The number of benzene rings is 1. The lowest BCUT2D eigenvalue weighted by Gasteiger charge is -2.14. The average Bonchev–Trinajstić information content (AvgIpc) is 2.29. The van der Waals surface area contributed by atoms with Crippen LogP contribution in [0.25, 0.3) is 0 Å². The summed E-state index contributed by atoms with van der Waals surface area (Å²) in [7, 11) is 0. The molecule has 16 heavy (non-hydrogen) atoms. The maximum absolute atomic E-state index is 9.38. The van der Waals surface area contributed by atoms with Crippen LogP contribution in [0.3, 0.4) is 0 Å². The molecule has 0 heterocycles. The summed E-state index contributed by atoms with van der Waals surface area (Å²) < 4.78 is 0. The number of hydrogen-bond acceptors (Lipinski definition) is 1. The standard InChI is InChI=1S/C14H21ClO/c1-2-3-4-5-7-13(11-16)12-8-6-9-14(15)10-12/h6,8-10,13,16H,2-5,7,11H2,1H3. The molecule has 1 N–H and O–H groups in total. The minimum Gasteiger partial charge on any atom is -0.396 e. The highest BCUT2D eigenvalue weighted by Gasteiger charge is 2.10. The van der Waals surface area contributed by atoms with Gasteiger partial charge in [-0.1, -0.05) is 56.3 Å². The smallest absolute Gasteiger partial charge is 0.0499 e. The summed E-state index contributed by atoms with van der Waals surface area (Å²) in [4.78, 5) is 0. The van der Waals surface area contributed by atoms with Gasteiger partial charge in [0.1, 0.15) is 0 Å². The number of unbranched alkanes of at least 4 members (excludes halogenated alkanes) is 3. The predicted octanol–water partition coefficient (Wildman–Crippen LogP) is 4.39. The Morgan fingerprint density at radius 1 is 1.25 bits per heavy atom. The lowest BCUT2D eigenvalue weighted by Crippen LogP contribution is -2.04. The highest BCUT2D eigenvalue weighted by molar-refractivity contribution is 6.30. The molecule has 1 nitrogen and oxygen atoms in total. The molecule has 1 atom stereocenters. The summed E-state index contributed by atoms with van der Waals surface area (Å²) in [5.74, 6) is 0.246. The molecule has 0 spiro atoms. The van der Waals surface area contributed by atoms with Crippen LogP contribution in [-0.2, 0) is 0 Å². The molecule has 1 aromatic rings. The van der Waals surface area contributed by atoms with E-state index in [0.717, 1.165) is 17.0 Å². The molecular weight excluding hydrogens is 220 g/mol. The number of halogens is 1. The SMILES string of the molecule is CCCCCCC(CO)c1cccc(Cl)c1. The zero-order valence-electron chi connectivity index (χ0n) is 9.95. The molecule has 0 radical (unpaired) electrons. The summed E-state index contributed by atoms with van der Waals surface area (Å²) >= 11 is 5.95. The van der Waals surface area contributed by atoms with Crippen LogP contribution in [0.2, 0.25) is 5.02 Å². The second-order valence-electron chi connectivity index (χ2n) is 4.28. The van der Waals surface area contributed by atoms with Gasteiger partial charge in [0.15, 0.2) is 0 Å². The summed E-state index contributed by atoms with van der Waals surface area (Å²) in [5.41, 5.74) is 1.16. The van der Waals surface area contributed by atoms with Crippen LogP contribution >= 0.6 is 11.6 Å². The fourth-order valence-electron chi connectivity index (χ4n) is 1.94. The molecule has 0 aliphatic heterocycles. The largest absolute Gasteiger partial charge is 0.396 e. The van der Waals surface area contributed by atoms with Crippen molar-refractivity contribution in [1.82, 2.24) is 0 Å². The van der Waals surface area contributed by atoms with E-state index in [9.17, 15) is 5.11 Å². The minimum absolute atomic E-state index is 0.215.